The molecule has 9 nitrogen and oxygen atoms in total. The van der Waals surface area contributed by atoms with Crippen molar-refractivity contribution in [1.82, 2.24) is 4.90 Å². The van der Waals surface area contributed by atoms with E-state index in [2.05, 4.69) is 10.3 Å². The number of nitro benzene ring substituents is 1. The third kappa shape index (κ3) is 6.26. The van der Waals surface area contributed by atoms with Gasteiger partial charge < -0.3 is 5.32 Å². The Bertz CT molecular complexity index is 1110. The van der Waals surface area contributed by atoms with E-state index in [1.165, 1.54) is 36.9 Å². The molecular formula is C23H24N4O5S. The summed E-state index contributed by atoms with van der Waals surface area (Å²) in [5.41, 5.74) is 1.34. The van der Waals surface area contributed by atoms with Gasteiger partial charge in [0.2, 0.25) is 11.8 Å². The number of nitrogens with one attached hydrogen (secondary N) is 1. The highest BCUT2D eigenvalue weighted by atomic mass is 32.2. The van der Waals surface area contributed by atoms with E-state index in [0.29, 0.717) is 28.7 Å². The van der Waals surface area contributed by atoms with E-state index in [9.17, 15) is 24.5 Å². The number of hydrogen-bond acceptors (Lipinski definition) is 7. The van der Waals surface area contributed by atoms with Gasteiger partial charge in [0.25, 0.3) is 5.69 Å². The van der Waals surface area contributed by atoms with Gasteiger partial charge in [-0.1, -0.05) is 31.7 Å². The first kappa shape index (κ1) is 24.1. The van der Waals surface area contributed by atoms with Crippen LogP contribution in [-0.2, 0) is 9.59 Å². The van der Waals surface area contributed by atoms with E-state index in [-0.39, 0.29) is 29.7 Å². The number of nitrogens with zero attached hydrogens (tertiary/aromatic N) is 3. The van der Waals surface area contributed by atoms with Crippen molar-refractivity contribution < 1.29 is 19.3 Å². The van der Waals surface area contributed by atoms with Crippen LogP contribution >= 0.6 is 11.8 Å². The molecule has 2 amide bonds. The highest BCUT2D eigenvalue weighted by Gasteiger charge is 2.39. The average molecular weight is 469 g/mol. The van der Waals surface area contributed by atoms with E-state index in [0.717, 1.165) is 0 Å². The molecule has 0 saturated carbocycles. The van der Waals surface area contributed by atoms with Gasteiger partial charge in [0.1, 0.15) is 5.25 Å². The van der Waals surface area contributed by atoms with Gasteiger partial charge in [-0.25, -0.2) is 4.99 Å². The first-order valence-electron chi connectivity index (χ1n) is 10.4. The fraction of sp³-hybridized carbons (Fsp3) is 0.304. The lowest BCUT2D eigenvalue weighted by atomic mass is 10.1. The maximum absolute atomic E-state index is 13.0. The SMILES string of the molecule is CC(=O)c1ccc(N=C2S[C@H](CC(=O)Nc3cccc([N+](=O)[O-])c3)C(=O)N2CC(C)C)cc1. The maximum Gasteiger partial charge on any atom is 0.271 e. The van der Waals surface area contributed by atoms with Crippen LogP contribution in [0.4, 0.5) is 17.1 Å². The lowest BCUT2D eigenvalue weighted by Crippen LogP contribution is -2.36. The van der Waals surface area contributed by atoms with Crippen molar-refractivity contribution in [1.29, 1.82) is 0 Å². The number of thioether (sulfide) groups is 1. The summed E-state index contributed by atoms with van der Waals surface area (Å²) in [5, 5.41) is 13.4. The molecular weight excluding hydrogens is 444 g/mol. The van der Waals surface area contributed by atoms with Crippen molar-refractivity contribution in [3.63, 3.8) is 0 Å². The lowest BCUT2D eigenvalue weighted by molar-refractivity contribution is -0.384. The lowest BCUT2D eigenvalue weighted by Gasteiger charge is -2.18. The zero-order valence-corrected chi connectivity index (χ0v) is 19.3. The Morgan fingerprint density at radius 2 is 1.91 bits per heavy atom. The number of carbonyl (C=O) groups is 3. The first-order chi connectivity index (χ1) is 15.6. The number of non-ortho nitro benzene ring substituents is 1. The number of nitro groups is 1. The number of benzene rings is 2. The molecule has 2 aromatic rings. The first-order valence-corrected chi connectivity index (χ1v) is 11.2. The van der Waals surface area contributed by atoms with Gasteiger partial charge >= 0.3 is 0 Å². The molecule has 0 aromatic heterocycles. The molecule has 0 spiro atoms. The summed E-state index contributed by atoms with van der Waals surface area (Å²) in [5.74, 6) is -0.479. The van der Waals surface area contributed by atoms with E-state index < -0.39 is 16.1 Å². The zero-order chi connectivity index (χ0) is 24.1. The largest absolute Gasteiger partial charge is 0.326 e. The van der Waals surface area contributed by atoms with Gasteiger partial charge in [0.05, 0.1) is 10.6 Å². The Labute approximate surface area is 195 Å². The van der Waals surface area contributed by atoms with Crippen LogP contribution in [0.5, 0.6) is 0 Å². The van der Waals surface area contributed by atoms with Crippen molar-refractivity contribution in [2.75, 3.05) is 11.9 Å². The van der Waals surface area contributed by atoms with Crippen LogP contribution in [0.15, 0.2) is 53.5 Å². The van der Waals surface area contributed by atoms with Crippen LogP contribution < -0.4 is 5.32 Å². The highest BCUT2D eigenvalue weighted by molar-refractivity contribution is 8.15. The molecule has 1 aliphatic heterocycles. The summed E-state index contributed by atoms with van der Waals surface area (Å²) in [7, 11) is 0. The van der Waals surface area contributed by atoms with Crippen LogP contribution in [0.3, 0.4) is 0 Å². The molecule has 0 unspecified atom stereocenters. The highest BCUT2D eigenvalue weighted by Crippen LogP contribution is 2.32. The molecule has 0 aliphatic carbocycles. The van der Waals surface area contributed by atoms with E-state index in [4.69, 9.17) is 0 Å². The van der Waals surface area contributed by atoms with Crippen LogP contribution in [0.25, 0.3) is 0 Å². The monoisotopic (exact) mass is 468 g/mol. The molecule has 3 rings (SSSR count). The number of hydrogen-bond donors (Lipinski definition) is 1. The number of amidine groups is 1. The second-order valence-corrected chi connectivity index (χ2v) is 9.18. The molecule has 10 heteroatoms. The van der Waals surface area contributed by atoms with Crippen LogP contribution in [0, 0.1) is 16.0 Å². The second kappa shape index (κ2) is 10.4. The maximum atomic E-state index is 13.0. The van der Waals surface area contributed by atoms with Gasteiger partial charge in [0, 0.05) is 36.3 Å². The number of amides is 2. The summed E-state index contributed by atoms with van der Waals surface area (Å²) in [6, 6.07) is 12.4. The Kier molecular flexibility index (Phi) is 7.59. The molecule has 1 N–H and O–H groups in total. The topological polar surface area (TPSA) is 122 Å². The van der Waals surface area contributed by atoms with Crippen LogP contribution in [0.2, 0.25) is 0 Å². The van der Waals surface area contributed by atoms with Gasteiger partial charge in [-0.2, -0.15) is 0 Å². The van der Waals surface area contributed by atoms with Crippen LogP contribution in [0.1, 0.15) is 37.6 Å². The Morgan fingerprint density at radius 1 is 1.21 bits per heavy atom. The zero-order valence-electron chi connectivity index (χ0n) is 18.5. The molecule has 1 atom stereocenters. The second-order valence-electron chi connectivity index (χ2n) is 8.01. The summed E-state index contributed by atoms with van der Waals surface area (Å²) < 4.78 is 0. The fourth-order valence-electron chi connectivity index (χ4n) is 3.22. The Balaban J connectivity index is 1.75. The molecule has 1 saturated heterocycles. The van der Waals surface area contributed by atoms with Gasteiger partial charge in [0.15, 0.2) is 11.0 Å². The van der Waals surface area contributed by atoms with Crippen LogP contribution in [-0.4, -0.2) is 44.4 Å². The van der Waals surface area contributed by atoms with E-state index in [1.54, 1.807) is 35.2 Å². The minimum Gasteiger partial charge on any atom is -0.326 e. The minimum atomic E-state index is -0.655. The van der Waals surface area contributed by atoms with E-state index >= 15 is 0 Å². The van der Waals surface area contributed by atoms with Crippen molar-refractivity contribution in [3.05, 3.63) is 64.2 Å². The molecule has 33 heavy (non-hydrogen) atoms. The number of Topliss-reactive ketones (excluding diaryl/α,β-unsaturated/α-hetero) is 1. The number of ketones is 1. The minimum absolute atomic E-state index is 0.0455. The molecule has 1 aliphatic rings. The number of rotatable bonds is 8. The summed E-state index contributed by atoms with van der Waals surface area (Å²) in [6.45, 7) is 5.92. The predicted octanol–water partition coefficient (Wildman–Crippen LogP) is 4.41. The number of anilines is 1. The normalized spacial score (nSPS) is 17.0. The molecule has 172 valence electrons. The van der Waals surface area contributed by atoms with Gasteiger partial charge in [-0.3, -0.25) is 29.4 Å². The summed E-state index contributed by atoms with van der Waals surface area (Å²) in [4.78, 5) is 53.6. The Hall–Kier alpha value is -3.53. The molecule has 1 fully saturated rings. The van der Waals surface area contributed by atoms with Crippen molar-refractivity contribution >= 4 is 51.6 Å². The predicted molar refractivity (Wildman–Crippen MR) is 128 cm³/mol. The number of carbonyl (C=O) groups excluding carboxylic acids is 3. The quantitative estimate of drug-likeness (QED) is 0.348. The van der Waals surface area contributed by atoms with Gasteiger partial charge in [-0.05, 0) is 43.2 Å². The molecule has 0 bridgehead atoms. The smallest absolute Gasteiger partial charge is 0.271 e. The summed E-state index contributed by atoms with van der Waals surface area (Å²) in [6.07, 6.45) is -0.0942. The van der Waals surface area contributed by atoms with Crippen molar-refractivity contribution in [3.8, 4) is 0 Å². The molecule has 1 heterocycles. The van der Waals surface area contributed by atoms with Gasteiger partial charge in [-0.15, -0.1) is 0 Å². The third-order valence-electron chi connectivity index (χ3n) is 4.78. The van der Waals surface area contributed by atoms with Crippen molar-refractivity contribution in [2.24, 2.45) is 10.9 Å². The average Bonchev–Trinajstić information content (AvgIpc) is 3.02. The molecule has 2 aromatic carbocycles. The fourth-order valence-corrected chi connectivity index (χ4v) is 4.38. The van der Waals surface area contributed by atoms with Crippen molar-refractivity contribution in [2.45, 2.75) is 32.4 Å². The standard InChI is InChI=1S/C23H24N4O5S/c1-14(2)13-26-22(30)20(12-21(29)24-18-5-4-6-19(11-18)27(31)32)33-23(26)25-17-9-7-16(8-10-17)15(3)28/h4-11,14,20H,12-13H2,1-3H3,(H,24,29)/t20-/m1/s1. The molecule has 0 radical (unpaired) electrons. The summed E-state index contributed by atoms with van der Waals surface area (Å²) >= 11 is 1.21. The van der Waals surface area contributed by atoms with E-state index in [1.807, 2.05) is 13.8 Å². The Morgan fingerprint density at radius 3 is 2.52 bits per heavy atom. The third-order valence-corrected chi connectivity index (χ3v) is 5.95. The number of aliphatic imine (C=N–C) groups is 1.